The summed E-state index contributed by atoms with van der Waals surface area (Å²) >= 11 is 3.11. The van der Waals surface area contributed by atoms with Crippen LogP contribution in [0.25, 0.3) is 0 Å². The fourth-order valence-electron chi connectivity index (χ4n) is 0.738. The Labute approximate surface area is 76.7 Å². The lowest BCUT2D eigenvalue weighted by atomic mass is 10.3. The van der Waals surface area contributed by atoms with Gasteiger partial charge in [0, 0.05) is 0 Å². The number of ether oxygens (including phenoxy) is 1. The summed E-state index contributed by atoms with van der Waals surface area (Å²) < 4.78 is 28.3. The third kappa shape index (κ3) is 2.41. The molecule has 0 amide bonds. The third-order valence-electron chi connectivity index (χ3n) is 1.22. The summed E-state index contributed by atoms with van der Waals surface area (Å²) in [7, 11) is 0. The van der Waals surface area contributed by atoms with Crippen molar-refractivity contribution in [3.8, 4) is 5.75 Å². The van der Waals surface area contributed by atoms with E-state index < -0.39 is 6.61 Å². The van der Waals surface area contributed by atoms with E-state index in [1.54, 1.807) is 13.0 Å². The first-order valence-corrected chi connectivity index (χ1v) is 3.97. The molecule has 1 aromatic rings. The van der Waals surface area contributed by atoms with Crippen LogP contribution in [-0.2, 0) is 0 Å². The van der Waals surface area contributed by atoms with E-state index in [9.17, 15) is 8.78 Å². The van der Waals surface area contributed by atoms with Crippen molar-refractivity contribution in [1.29, 1.82) is 0 Å². The van der Waals surface area contributed by atoms with Gasteiger partial charge in [-0.15, -0.1) is 0 Å². The molecule has 5 heteroatoms. The molecule has 0 aliphatic carbocycles. The fourth-order valence-corrected chi connectivity index (χ4v) is 1.14. The van der Waals surface area contributed by atoms with Gasteiger partial charge in [-0.25, -0.2) is 4.98 Å². The molecule has 1 aromatic heterocycles. The molecular formula is C7H6BrF2NO. The number of halogens is 3. The number of pyridine rings is 1. The molecule has 1 heterocycles. The Morgan fingerprint density at radius 2 is 2.17 bits per heavy atom. The number of aromatic nitrogens is 1. The molecular weight excluding hydrogens is 232 g/mol. The second-order valence-electron chi connectivity index (χ2n) is 2.10. The van der Waals surface area contributed by atoms with Crippen molar-refractivity contribution < 1.29 is 13.5 Å². The van der Waals surface area contributed by atoms with E-state index in [1.165, 1.54) is 6.07 Å². The Bertz CT molecular complexity index is 280. The summed E-state index contributed by atoms with van der Waals surface area (Å²) in [4.78, 5) is 3.88. The highest BCUT2D eigenvalue weighted by Crippen LogP contribution is 2.20. The molecule has 0 unspecified atom stereocenters. The minimum Gasteiger partial charge on any atom is -0.433 e. The Hall–Kier alpha value is -0.710. The Morgan fingerprint density at radius 1 is 1.50 bits per heavy atom. The molecule has 0 saturated carbocycles. The highest BCUT2D eigenvalue weighted by atomic mass is 79.9. The number of aryl methyl sites for hydroxylation is 1. The van der Waals surface area contributed by atoms with Gasteiger partial charge in [0.15, 0.2) is 0 Å². The Balaban J connectivity index is 2.86. The van der Waals surface area contributed by atoms with Crippen molar-refractivity contribution in [2.45, 2.75) is 13.5 Å². The molecule has 66 valence electrons. The lowest BCUT2D eigenvalue weighted by Gasteiger charge is -2.06. The maximum Gasteiger partial charge on any atom is 0.387 e. The van der Waals surface area contributed by atoms with E-state index in [-0.39, 0.29) is 5.75 Å². The molecule has 2 nitrogen and oxygen atoms in total. The van der Waals surface area contributed by atoms with Crippen molar-refractivity contribution in [2.24, 2.45) is 0 Å². The van der Waals surface area contributed by atoms with Crippen LogP contribution >= 0.6 is 15.9 Å². The third-order valence-corrected chi connectivity index (χ3v) is 1.66. The molecule has 0 aliphatic heterocycles. The van der Waals surface area contributed by atoms with Crippen LogP contribution in [0.2, 0.25) is 0 Å². The lowest BCUT2D eigenvalue weighted by Crippen LogP contribution is -2.03. The van der Waals surface area contributed by atoms with Gasteiger partial charge in [0.25, 0.3) is 0 Å². The van der Waals surface area contributed by atoms with Gasteiger partial charge in [-0.3, -0.25) is 0 Å². The van der Waals surface area contributed by atoms with Crippen LogP contribution in [0, 0.1) is 6.92 Å². The highest BCUT2D eigenvalue weighted by molar-refractivity contribution is 9.10. The van der Waals surface area contributed by atoms with Gasteiger partial charge >= 0.3 is 6.61 Å². The van der Waals surface area contributed by atoms with Crippen LogP contribution in [0.3, 0.4) is 0 Å². The fraction of sp³-hybridized carbons (Fsp3) is 0.286. The summed E-state index contributed by atoms with van der Waals surface area (Å²) in [5, 5.41) is 0. The largest absolute Gasteiger partial charge is 0.433 e. The van der Waals surface area contributed by atoms with Gasteiger partial charge in [-0.05, 0) is 35.0 Å². The monoisotopic (exact) mass is 237 g/mol. The summed E-state index contributed by atoms with van der Waals surface area (Å²) in [6, 6.07) is 2.99. The van der Waals surface area contributed by atoms with Gasteiger partial charge in [0.05, 0.1) is 5.69 Å². The Morgan fingerprint density at radius 3 is 2.67 bits per heavy atom. The van der Waals surface area contributed by atoms with Crippen molar-refractivity contribution >= 4 is 15.9 Å². The first kappa shape index (κ1) is 9.38. The van der Waals surface area contributed by atoms with Crippen molar-refractivity contribution in [2.75, 3.05) is 0 Å². The summed E-state index contributed by atoms with van der Waals surface area (Å²) in [5.41, 5.74) is 0.435. The molecule has 0 aliphatic rings. The molecule has 0 saturated heterocycles. The normalized spacial score (nSPS) is 10.4. The van der Waals surface area contributed by atoms with Crippen LogP contribution in [0.5, 0.6) is 5.75 Å². The quantitative estimate of drug-likeness (QED) is 0.739. The lowest BCUT2D eigenvalue weighted by molar-refractivity contribution is -0.0505. The van der Waals surface area contributed by atoms with Crippen LogP contribution in [-0.4, -0.2) is 11.6 Å². The first-order valence-electron chi connectivity index (χ1n) is 3.17. The molecule has 0 spiro atoms. The average molecular weight is 238 g/mol. The molecule has 1 rings (SSSR count). The van der Waals surface area contributed by atoms with E-state index in [1.807, 2.05) is 0 Å². The predicted molar refractivity (Wildman–Crippen MR) is 43.3 cm³/mol. The first-order chi connectivity index (χ1) is 5.59. The maximum atomic E-state index is 11.7. The van der Waals surface area contributed by atoms with E-state index in [4.69, 9.17) is 0 Å². The van der Waals surface area contributed by atoms with Crippen molar-refractivity contribution in [3.05, 3.63) is 22.4 Å². The average Bonchev–Trinajstić information content (AvgIpc) is 1.94. The molecule has 0 N–H and O–H groups in total. The van der Waals surface area contributed by atoms with Crippen molar-refractivity contribution in [3.63, 3.8) is 0 Å². The minimum atomic E-state index is -2.80. The highest BCUT2D eigenvalue weighted by Gasteiger charge is 2.07. The molecule has 0 fully saturated rings. The van der Waals surface area contributed by atoms with Gasteiger partial charge in [0.1, 0.15) is 10.4 Å². The SMILES string of the molecule is Cc1nc(Br)ccc1OC(F)F. The molecule has 0 aromatic carbocycles. The van der Waals surface area contributed by atoms with Crippen LogP contribution in [0.4, 0.5) is 8.78 Å². The Kier molecular flexibility index (Phi) is 2.97. The van der Waals surface area contributed by atoms with E-state index >= 15 is 0 Å². The van der Waals surface area contributed by atoms with E-state index in [0.717, 1.165) is 0 Å². The number of alkyl halides is 2. The minimum absolute atomic E-state index is 0.105. The topological polar surface area (TPSA) is 22.1 Å². The summed E-state index contributed by atoms with van der Waals surface area (Å²) in [6.45, 7) is -1.20. The van der Waals surface area contributed by atoms with Gasteiger partial charge in [-0.1, -0.05) is 0 Å². The van der Waals surface area contributed by atoms with Crippen LogP contribution in [0.15, 0.2) is 16.7 Å². The standard InChI is InChI=1S/C7H6BrF2NO/c1-4-5(12-7(9)10)2-3-6(8)11-4/h2-3,7H,1H3. The number of rotatable bonds is 2. The molecule has 0 bridgehead atoms. The van der Waals surface area contributed by atoms with Gasteiger partial charge < -0.3 is 4.74 Å². The van der Waals surface area contributed by atoms with E-state index in [2.05, 4.69) is 25.7 Å². The number of hydrogen-bond donors (Lipinski definition) is 0. The maximum absolute atomic E-state index is 11.7. The second kappa shape index (κ2) is 3.80. The smallest absolute Gasteiger partial charge is 0.387 e. The zero-order valence-electron chi connectivity index (χ0n) is 6.22. The zero-order valence-corrected chi connectivity index (χ0v) is 7.81. The predicted octanol–water partition coefficient (Wildman–Crippen LogP) is 2.75. The molecule has 12 heavy (non-hydrogen) atoms. The number of nitrogens with zero attached hydrogens (tertiary/aromatic N) is 1. The zero-order chi connectivity index (χ0) is 9.14. The molecule has 0 atom stereocenters. The summed E-state index contributed by atoms with van der Waals surface area (Å²) in [6.07, 6.45) is 0. The van der Waals surface area contributed by atoms with Gasteiger partial charge in [0.2, 0.25) is 0 Å². The van der Waals surface area contributed by atoms with Crippen LogP contribution < -0.4 is 4.74 Å². The molecule has 0 radical (unpaired) electrons. The van der Waals surface area contributed by atoms with Gasteiger partial charge in [-0.2, -0.15) is 8.78 Å². The van der Waals surface area contributed by atoms with E-state index in [0.29, 0.717) is 10.3 Å². The van der Waals surface area contributed by atoms with Crippen LogP contribution in [0.1, 0.15) is 5.69 Å². The second-order valence-corrected chi connectivity index (χ2v) is 2.91. The number of hydrogen-bond acceptors (Lipinski definition) is 2. The summed E-state index contributed by atoms with van der Waals surface area (Å²) in [5.74, 6) is 0.105. The van der Waals surface area contributed by atoms with Crippen molar-refractivity contribution in [1.82, 2.24) is 4.98 Å².